The summed E-state index contributed by atoms with van der Waals surface area (Å²) in [7, 11) is 0. The summed E-state index contributed by atoms with van der Waals surface area (Å²) in [6.45, 7) is 6.08. The van der Waals surface area contributed by atoms with Crippen LogP contribution in [-0.4, -0.2) is 10.1 Å². The second kappa shape index (κ2) is 6.87. The Morgan fingerprint density at radius 1 is 1.24 bits per heavy atom. The number of anilines is 1. The normalized spacial score (nSPS) is 11.8. The molecule has 0 aliphatic rings. The van der Waals surface area contributed by atoms with Gasteiger partial charge in [-0.25, -0.2) is 0 Å². The van der Waals surface area contributed by atoms with Gasteiger partial charge in [0.1, 0.15) is 0 Å². The molecule has 0 fully saturated rings. The van der Waals surface area contributed by atoms with Crippen molar-refractivity contribution in [3.05, 3.63) is 58.4 Å². The molecule has 0 unspecified atom stereocenters. The van der Waals surface area contributed by atoms with E-state index in [1.807, 2.05) is 39.0 Å². The van der Waals surface area contributed by atoms with Gasteiger partial charge >= 0.3 is 0 Å². The van der Waals surface area contributed by atoms with Crippen LogP contribution in [0.15, 0.2) is 36.7 Å². The minimum absolute atomic E-state index is 0.0949. The Kier molecular flexibility index (Phi) is 5.15. The monoisotopic (exact) mass is 319 g/mol. The number of nitrogens with one attached hydrogen (secondary N) is 2. The molecular formula is C16H18ClN3S. The molecule has 2 N–H and O–H groups in total. The highest BCUT2D eigenvalue weighted by atomic mass is 35.5. The Balaban J connectivity index is 2.06. The summed E-state index contributed by atoms with van der Waals surface area (Å²) in [6.07, 6.45) is 3.54. The molecule has 3 nitrogen and oxygen atoms in total. The van der Waals surface area contributed by atoms with Gasteiger partial charge in [-0.15, -0.1) is 0 Å². The molecule has 0 aliphatic carbocycles. The summed E-state index contributed by atoms with van der Waals surface area (Å²) in [5, 5.41) is 7.65. The first-order valence-electron chi connectivity index (χ1n) is 6.71. The molecule has 0 saturated carbocycles. The maximum Gasteiger partial charge on any atom is 0.171 e. The number of benzene rings is 1. The Bertz CT molecular complexity index is 620. The van der Waals surface area contributed by atoms with Crippen molar-refractivity contribution in [1.82, 2.24) is 10.3 Å². The van der Waals surface area contributed by atoms with E-state index in [0.717, 1.165) is 22.4 Å². The van der Waals surface area contributed by atoms with Gasteiger partial charge in [0.15, 0.2) is 5.11 Å². The molecule has 0 amide bonds. The fourth-order valence-electron chi connectivity index (χ4n) is 2.16. The maximum atomic E-state index is 6.27. The highest BCUT2D eigenvalue weighted by Gasteiger charge is 2.10. The molecule has 1 aromatic heterocycles. The van der Waals surface area contributed by atoms with Crippen LogP contribution in [0, 0.1) is 13.8 Å². The molecule has 21 heavy (non-hydrogen) atoms. The van der Waals surface area contributed by atoms with Crippen LogP contribution in [0.3, 0.4) is 0 Å². The van der Waals surface area contributed by atoms with E-state index < -0.39 is 0 Å². The Hall–Kier alpha value is -1.65. The summed E-state index contributed by atoms with van der Waals surface area (Å²) in [6, 6.07) is 8.02. The molecule has 2 aromatic rings. The summed E-state index contributed by atoms with van der Waals surface area (Å²) in [5.41, 5.74) is 4.18. The maximum absolute atomic E-state index is 6.27. The van der Waals surface area contributed by atoms with E-state index in [1.54, 1.807) is 12.4 Å². The number of thiocarbonyl (C=S) groups is 1. The third-order valence-electron chi connectivity index (χ3n) is 3.22. The van der Waals surface area contributed by atoms with Gasteiger partial charge < -0.3 is 10.6 Å². The molecule has 2 rings (SSSR count). The average molecular weight is 320 g/mol. The van der Waals surface area contributed by atoms with Crippen LogP contribution in [0.1, 0.15) is 29.7 Å². The van der Waals surface area contributed by atoms with Gasteiger partial charge in [-0.1, -0.05) is 17.7 Å². The van der Waals surface area contributed by atoms with E-state index in [2.05, 4.69) is 21.7 Å². The Labute approximate surface area is 135 Å². The lowest BCUT2D eigenvalue weighted by molar-refractivity contribution is 0.721. The molecule has 1 aromatic carbocycles. The van der Waals surface area contributed by atoms with Crippen LogP contribution < -0.4 is 10.6 Å². The van der Waals surface area contributed by atoms with Crippen molar-refractivity contribution in [2.45, 2.75) is 26.8 Å². The average Bonchev–Trinajstić information content (AvgIpc) is 2.43. The number of nitrogens with zero attached hydrogens (tertiary/aromatic N) is 1. The number of aromatic nitrogens is 1. The second-order valence-electron chi connectivity index (χ2n) is 5.04. The molecule has 0 radical (unpaired) electrons. The first kappa shape index (κ1) is 15.7. The van der Waals surface area contributed by atoms with Crippen molar-refractivity contribution in [3.63, 3.8) is 0 Å². The molecule has 1 atom stereocenters. The third-order valence-corrected chi connectivity index (χ3v) is 3.74. The van der Waals surface area contributed by atoms with Gasteiger partial charge in [-0.3, -0.25) is 4.98 Å². The summed E-state index contributed by atoms with van der Waals surface area (Å²) < 4.78 is 0. The summed E-state index contributed by atoms with van der Waals surface area (Å²) in [4.78, 5) is 4.01. The van der Waals surface area contributed by atoms with Crippen LogP contribution in [0.2, 0.25) is 5.02 Å². The number of halogens is 1. The SMILES string of the molecule is Cc1cc(C)c(NC(=S)N[C@H](C)c2ccncc2)c(Cl)c1. The fourth-order valence-corrected chi connectivity index (χ4v) is 2.80. The second-order valence-corrected chi connectivity index (χ2v) is 5.85. The van der Waals surface area contributed by atoms with Crippen LogP contribution >= 0.6 is 23.8 Å². The zero-order valence-electron chi connectivity index (χ0n) is 12.3. The van der Waals surface area contributed by atoms with Gasteiger partial charge in [0.05, 0.1) is 16.8 Å². The lowest BCUT2D eigenvalue weighted by Gasteiger charge is -2.19. The topological polar surface area (TPSA) is 37.0 Å². The van der Waals surface area contributed by atoms with Gasteiger partial charge in [0.25, 0.3) is 0 Å². The van der Waals surface area contributed by atoms with Crippen LogP contribution in [0.25, 0.3) is 0 Å². The van der Waals surface area contributed by atoms with Crippen molar-refractivity contribution in [3.8, 4) is 0 Å². The van der Waals surface area contributed by atoms with E-state index in [-0.39, 0.29) is 6.04 Å². The molecule has 0 aliphatic heterocycles. The minimum atomic E-state index is 0.0949. The zero-order chi connectivity index (χ0) is 15.4. The van der Waals surface area contributed by atoms with E-state index in [4.69, 9.17) is 23.8 Å². The summed E-state index contributed by atoms with van der Waals surface area (Å²) >= 11 is 11.6. The van der Waals surface area contributed by atoms with Crippen molar-refractivity contribution < 1.29 is 0 Å². The number of hydrogen-bond donors (Lipinski definition) is 2. The number of aryl methyl sites for hydroxylation is 2. The zero-order valence-corrected chi connectivity index (χ0v) is 13.8. The molecule has 110 valence electrons. The van der Waals surface area contributed by atoms with E-state index in [9.17, 15) is 0 Å². The highest BCUT2D eigenvalue weighted by Crippen LogP contribution is 2.27. The first-order chi connectivity index (χ1) is 9.97. The highest BCUT2D eigenvalue weighted by molar-refractivity contribution is 7.80. The van der Waals surface area contributed by atoms with Gasteiger partial charge in [-0.2, -0.15) is 0 Å². The standard InChI is InChI=1S/C16H18ClN3S/c1-10-8-11(2)15(14(17)9-10)20-16(21)19-12(3)13-4-6-18-7-5-13/h4-9,12H,1-3H3,(H2,19,20,21)/t12-/m1/s1. The smallest absolute Gasteiger partial charge is 0.171 e. The predicted octanol–water partition coefficient (Wildman–Crippen LogP) is 4.40. The number of hydrogen-bond acceptors (Lipinski definition) is 2. The molecular weight excluding hydrogens is 302 g/mol. The van der Waals surface area contributed by atoms with Crippen LogP contribution in [-0.2, 0) is 0 Å². The fraction of sp³-hybridized carbons (Fsp3) is 0.250. The van der Waals surface area contributed by atoms with E-state index in [0.29, 0.717) is 10.1 Å². The number of rotatable bonds is 3. The van der Waals surface area contributed by atoms with Crippen LogP contribution in [0.5, 0.6) is 0 Å². The molecule has 0 saturated heterocycles. The molecule has 0 spiro atoms. The van der Waals surface area contributed by atoms with Gasteiger partial charge in [0, 0.05) is 12.4 Å². The van der Waals surface area contributed by atoms with Crippen molar-refractivity contribution in [1.29, 1.82) is 0 Å². The van der Waals surface area contributed by atoms with E-state index >= 15 is 0 Å². The third kappa shape index (κ3) is 4.16. The predicted molar refractivity (Wildman–Crippen MR) is 92.9 cm³/mol. The van der Waals surface area contributed by atoms with Crippen LogP contribution in [0.4, 0.5) is 5.69 Å². The summed E-state index contributed by atoms with van der Waals surface area (Å²) in [5.74, 6) is 0. The molecule has 0 bridgehead atoms. The quantitative estimate of drug-likeness (QED) is 0.822. The van der Waals surface area contributed by atoms with Gasteiger partial charge in [0.2, 0.25) is 0 Å². The lowest BCUT2D eigenvalue weighted by atomic mass is 10.1. The number of pyridine rings is 1. The first-order valence-corrected chi connectivity index (χ1v) is 7.50. The Morgan fingerprint density at radius 3 is 2.52 bits per heavy atom. The Morgan fingerprint density at radius 2 is 1.90 bits per heavy atom. The molecule has 5 heteroatoms. The van der Waals surface area contributed by atoms with Gasteiger partial charge in [-0.05, 0) is 67.9 Å². The van der Waals surface area contributed by atoms with Crippen molar-refractivity contribution >= 4 is 34.6 Å². The minimum Gasteiger partial charge on any atom is -0.356 e. The lowest BCUT2D eigenvalue weighted by Crippen LogP contribution is -2.31. The van der Waals surface area contributed by atoms with E-state index in [1.165, 1.54) is 0 Å². The van der Waals surface area contributed by atoms with Crippen molar-refractivity contribution in [2.24, 2.45) is 0 Å². The molecule has 1 heterocycles. The largest absolute Gasteiger partial charge is 0.356 e. The van der Waals surface area contributed by atoms with Crippen molar-refractivity contribution in [2.75, 3.05) is 5.32 Å².